The van der Waals surface area contributed by atoms with Gasteiger partial charge in [-0.2, -0.15) is 0 Å². The fraction of sp³-hybridized carbons (Fsp3) is 0.0755. The number of fused-ring (bicyclic) bond motifs is 9. The van der Waals surface area contributed by atoms with E-state index in [1.54, 1.807) is 0 Å². The van der Waals surface area contributed by atoms with Crippen LogP contribution in [0, 0.1) is 11.8 Å². The quantitative estimate of drug-likeness (QED) is 0.169. The number of nitrogens with zero attached hydrogens (tertiary/aromatic N) is 3. The van der Waals surface area contributed by atoms with Crippen LogP contribution in [0.2, 0.25) is 0 Å². The monoisotopic (exact) mass is 729 g/mol. The van der Waals surface area contributed by atoms with Gasteiger partial charge < -0.3 is 4.74 Å². The average molecular weight is 730 g/mol. The number of hydrogen-bond donors (Lipinski definition) is 0. The molecule has 12 rings (SSSR count). The predicted octanol–water partition coefficient (Wildman–Crippen LogP) is 12.4. The van der Waals surface area contributed by atoms with Crippen LogP contribution in [0.3, 0.4) is 0 Å². The molecule has 5 aliphatic rings. The first-order valence-corrected chi connectivity index (χ1v) is 19.7. The zero-order valence-corrected chi connectivity index (χ0v) is 31.0. The molecule has 6 aromatic carbocycles. The SMILES string of the molecule is C1=CC2=CC(c3nc(-c4ccccc4)nc(-c4ccc(-c5ccc6c(c5)Oc5ccccc5C65c6ccccc6-c6ccccc65)cc4)n3)=CC3C=CCC(=C1)C23. The molecule has 0 bridgehead atoms. The van der Waals surface area contributed by atoms with Gasteiger partial charge in [-0.25, -0.2) is 15.0 Å². The molecule has 4 nitrogen and oxygen atoms in total. The van der Waals surface area contributed by atoms with Crippen LogP contribution in [0.5, 0.6) is 11.5 Å². The number of benzene rings is 6. The Morgan fingerprint density at radius 1 is 0.544 bits per heavy atom. The van der Waals surface area contributed by atoms with Crippen molar-refractivity contribution >= 4 is 5.57 Å². The van der Waals surface area contributed by atoms with Crippen LogP contribution in [0.1, 0.15) is 34.5 Å². The second-order valence-corrected chi connectivity index (χ2v) is 15.5. The summed E-state index contributed by atoms with van der Waals surface area (Å²) in [6.45, 7) is 0. The molecule has 0 radical (unpaired) electrons. The molecule has 1 aromatic heterocycles. The maximum atomic E-state index is 6.79. The number of rotatable bonds is 4. The molecule has 4 aliphatic carbocycles. The van der Waals surface area contributed by atoms with Crippen molar-refractivity contribution in [1.82, 2.24) is 15.0 Å². The van der Waals surface area contributed by atoms with Crippen molar-refractivity contribution in [2.45, 2.75) is 11.8 Å². The van der Waals surface area contributed by atoms with Gasteiger partial charge in [-0.15, -0.1) is 0 Å². The predicted molar refractivity (Wildman–Crippen MR) is 228 cm³/mol. The van der Waals surface area contributed by atoms with Crippen molar-refractivity contribution in [3.05, 3.63) is 227 Å². The molecule has 0 saturated heterocycles. The third-order valence-electron chi connectivity index (χ3n) is 12.4. The van der Waals surface area contributed by atoms with Gasteiger partial charge in [0.1, 0.15) is 11.5 Å². The van der Waals surface area contributed by atoms with Gasteiger partial charge in [0.25, 0.3) is 0 Å². The fourth-order valence-corrected chi connectivity index (χ4v) is 9.91. The summed E-state index contributed by atoms with van der Waals surface area (Å²) in [5.74, 6) is 4.44. The number of para-hydroxylation sites is 1. The maximum Gasteiger partial charge on any atom is 0.164 e. The summed E-state index contributed by atoms with van der Waals surface area (Å²) in [5, 5.41) is 0. The van der Waals surface area contributed by atoms with Gasteiger partial charge in [0.2, 0.25) is 0 Å². The Morgan fingerprint density at radius 2 is 1.16 bits per heavy atom. The highest BCUT2D eigenvalue weighted by atomic mass is 16.5. The Kier molecular flexibility index (Phi) is 7.00. The van der Waals surface area contributed by atoms with Gasteiger partial charge in [-0.3, -0.25) is 0 Å². The summed E-state index contributed by atoms with van der Waals surface area (Å²) in [6.07, 6.45) is 16.9. The van der Waals surface area contributed by atoms with Crippen LogP contribution in [0.25, 0.3) is 50.6 Å². The van der Waals surface area contributed by atoms with E-state index < -0.39 is 5.41 Å². The largest absolute Gasteiger partial charge is 0.457 e. The molecule has 0 saturated carbocycles. The van der Waals surface area contributed by atoms with Crippen LogP contribution >= 0.6 is 0 Å². The molecule has 1 spiro atoms. The minimum Gasteiger partial charge on any atom is -0.457 e. The highest BCUT2D eigenvalue weighted by molar-refractivity contribution is 5.89. The number of hydrogen-bond acceptors (Lipinski definition) is 4. The molecule has 2 heterocycles. The fourth-order valence-electron chi connectivity index (χ4n) is 9.91. The third-order valence-corrected chi connectivity index (χ3v) is 12.4. The van der Waals surface area contributed by atoms with E-state index in [4.69, 9.17) is 19.7 Å². The molecular weight excluding hydrogens is 695 g/mol. The number of aromatic nitrogens is 3. The molecule has 268 valence electrons. The van der Waals surface area contributed by atoms with Gasteiger partial charge >= 0.3 is 0 Å². The molecule has 2 unspecified atom stereocenters. The average Bonchev–Trinajstić information content (AvgIpc) is 3.57. The molecule has 57 heavy (non-hydrogen) atoms. The van der Waals surface area contributed by atoms with Crippen molar-refractivity contribution in [2.75, 3.05) is 0 Å². The lowest BCUT2D eigenvalue weighted by Gasteiger charge is -2.39. The molecule has 4 heteroatoms. The molecule has 7 aromatic rings. The first-order chi connectivity index (χ1) is 28.2. The van der Waals surface area contributed by atoms with Crippen LogP contribution in [-0.4, -0.2) is 15.0 Å². The van der Waals surface area contributed by atoms with E-state index in [-0.39, 0.29) is 5.92 Å². The van der Waals surface area contributed by atoms with Gasteiger partial charge in [-0.05, 0) is 63.6 Å². The number of ether oxygens (including phenoxy) is 1. The maximum absolute atomic E-state index is 6.79. The normalized spacial score (nSPS) is 18.6. The minimum absolute atomic E-state index is 0.284. The minimum atomic E-state index is -0.475. The standard InChI is InChI=1S/C53H35N3O/c1-2-12-35(13-3-1)50-54-51(56-52(55-50)40-30-38-16-10-14-34-15-11-17-39(31-40)49(34)38)36-26-24-33(25-27-36)37-28-29-46-48(32-37)57-47-23-9-8-22-45(47)53(46)43-20-6-4-18-41(43)42-19-5-7-21-44(42)53/h1-14,16-32,39,49H,15H2. The second kappa shape index (κ2) is 12.4. The Labute approximate surface area is 331 Å². The highest BCUT2D eigenvalue weighted by Crippen LogP contribution is 2.62. The summed E-state index contributed by atoms with van der Waals surface area (Å²) >= 11 is 0. The van der Waals surface area contributed by atoms with Crippen LogP contribution in [0.15, 0.2) is 199 Å². The summed E-state index contributed by atoms with van der Waals surface area (Å²) < 4.78 is 6.79. The second-order valence-electron chi connectivity index (χ2n) is 15.5. The van der Waals surface area contributed by atoms with E-state index in [2.05, 4.69) is 170 Å². The van der Waals surface area contributed by atoms with Crippen LogP contribution in [0.4, 0.5) is 0 Å². The molecule has 2 atom stereocenters. The van der Waals surface area contributed by atoms with E-state index in [1.807, 2.05) is 18.2 Å². The molecule has 0 amide bonds. The Bertz CT molecular complexity index is 2920. The lowest BCUT2D eigenvalue weighted by molar-refractivity contribution is 0.436. The number of allylic oxidation sites excluding steroid dienone is 10. The van der Waals surface area contributed by atoms with E-state index >= 15 is 0 Å². The van der Waals surface area contributed by atoms with Crippen molar-refractivity contribution in [3.8, 4) is 56.5 Å². The molecule has 0 fully saturated rings. The lowest BCUT2D eigenvalue weighted by atomic mass is 9.66. The van der Waals surface area contributed by atoms with Crippen molar-refractivity contribution < 1.29 is 4.74 Å². The van der Waals surface area contributed by atoms with Gasteiger partial charge in [0.05, 0.1) is 5.41 Å². The van der Waals surface area contributed by atoms with E-state index in [9.17, 15) is 0 Å². The summed E-state index contributed by atoms with van der Waals surface area (Å²) in [7, 11) is 0. The van der Waals surface area contributed by atoms with Crippen molar-refractivity contribution in [3.63, 3.8) is 0 Å². The molecule has 0 N–H and O–H groups in total. The third kappa shape index (κ3) is 4.83. The Morgan fingerprint density at radius 3 is 1.93 bits per heavy atom. The Balaban J connectivity index is 0.946. The van der Waals surface area contributed by atoms with Gasteiger partial charge in [0, 0.05) is 39.7 Å². The van der Waals surface area contributed by atoms with E-state index in [0.29, 0.717) is 23.4 Å². The summed E-state index contributed by atoms with van der Waals surface area (Å²) in [6, 6.07) is 51.7. The van der Waals surface area contributed by atoms with Crippen LogP contribution < -0.4 is 4.74 Å². The summed E-state index contributed by atoms with van der Waals surface area (Å²) in [4.78, 5) is 15.2. The Hall–Kier alpha value is -7.17. The lowest BCUT2D eigenvalue weighted by Crippen LogP contribution is -2.32. The first-order valence-electron chi connectivity index (χ1n) is 19.7. The van der Waals surface area contributed by atoms with Crippen molar-refractivity contribution in [2.24, 2.45) is 11.8 Å². The van der Waals surface area contributed by atoms with Crippen molar-refractivity contribution in [1.29, 1.82) is 0 Å². The molecular formula is C53H35N3O. The van der Waals surface area contributed by atoms with E-state index in [1.165, 1.54) is 39.0 Å². The zero-order chi connectivity index (χ0) is 37.5. The zero-order valence-electron chi connectivity index (χ0n) is 31.0. The summed E-state index contributed by atoms with van der Waals surface area (Å²) in [5.41, 5.74) is 14.9. The van der Waals surface area contributed by atoms with Gasteiger partial charge in [-0.1, -0.05) is 175 Å². The smallest absolute Gasteiger partial charge is 0.164 e. The molecule has 1 aliphatic heterocycles. The van der Waals surface area contributed by atoms with E-state index in [0.717, 1.165) is 51.3 Å². The topological polar surface area (TPSA) is 47.9 Å². The first kappa shape index (κ1) is 32.1. The highest BCUT2D eigenvalue weighted by Gasteiger charge is 2.50. The van der Waals surface area contributed by atoms with Gasteiger partial charge in [0.15, 0.2) is 17.5 Å². The van der Waals surface area contributed by atoms with Crippen LogP contribution in [-0.2, 0) is 5.41 Å².